The molecule has 0 bridgehead atoms. The summed E-state index contributed by atoms with van der Waals surface area (Å²) in [5.74, 6) is 1.81. The van der Waals surface area contributed by atoms with Crippen LogP contribution in [0.4, 0.5) is 17.2 Å². The maximum Gasteiger partial charge on any atom is 0.240 e. The lowest BCUT2D eigenvalue weighted by molar-refractivity contribution is 0.172. The maximum atomic E-state index is 12.3. The number of hydrogen-bond donors (Lipinski definition) is 2. The van der Waals surface area contributed by atoms with E-state index in [-0.39, 0.29) is 4.90 Å². The van der Waals surface area contributed by atoms with Crippen LogP contribution in [0.2, 0.25) is 0 Å². The number of hydrogen-bond acceptors (Lipinski definition) is 8. The summed E-state index contributed by atoms with van der Waals surface area (Å²) in [5, 5.41) is 4.00. The van der Waals surface area contributed by atoms with Crippen molar-refractivity contribution in [3.63, 3.8) is 0 Å². The molecule has 2 aromatic carbocycles. The Kier molecular flexibility index (Phi) is 4.89. The second kappa shape index (κ2) is 7.37. The van der Waals surface area contributed by atoms with E-state index >= 15 is 0 Å². The van der Waals surface area contributed by atoms with E-state index in [1.54, 1.807) is 18.2 Å². The van der Waals surface area contributed by atoms with E-state index in [0.29, 0.717) is 41.7 Å². The topological polar surface area (TPSA) is 106 Å². The van der Waals surface area contributed by atoms with E-state index in [0.717, 1.165) is 11.1 Å². The summed E-state index contributed by atoms with van der Waals surface area (Å²) in [6.45, 7) is 0.970. The van der Waals surface area contributed by atoms with Gasteiger partial charge in [0.25, 0.3) is 0 Å². The first-order valence-corrected chi connectivity index (χ1v) is 10.4. The molecule has 10 heteroatoms. The van der Waals surface area contributed by atoms with Crippen LogP contribution < -0.4 is 24.4 Å². The van der Waals surface area contributed by atoms with Crippen molar-refractivity contribution in [1.82, 2.24) is 14.7 Å². The molecule has 0 radical (unpaired) electrons. The first-order valence-electron chi connectivity index (χ1n) is 8.95. The van der Waals surface area contributed by atoms with Crippen molar-refractivity contribution in [3.05, 3.63) is 36.7 Å². The number of sulfonamides is 1. The molecule has 152 valence electrons. The highest BCUT2D eigenvalue weighted by atomic mass is 32.2. The average Bonchev–Trinajstić information content (AvgIpc) is 2.72. The Morgan fingerprint density at radius 3 is 2.45 bits per heavy atom. The SMILES string of the molecule is CNS(=O)(=O)c1ccc(N(C)C)c(Nc2ncnc3cc4c(cc23)OCCO4)c1. The van der Waals surface area contributed by atoms with Gasteiger partial charge in [0, 0.05) is 25.5 Å². The molecule has 0 saturated heterocycles. The Labute approximate surface area is 168 Å². The van der Waals surface area contributed by atoms with Gasteiger partial charge in [-0.1, -0.05) is 0 Å². The summed E-state index contributed by atoms with van der Waals surface area (Å²) < 4.78 is 38.1. The van der Waals surface area contributed by atoms with Gasteiger partial charge in [-0.2, -0.15) is 0 Å². The molecule has 0 unspecified atom stereocenters. The Morgan fingerprint density at radius 1 is 1.03 bits per heavy atom. The fraction of sp³-hybridized carbons (Fsp3) is 0.263. The van der Waals surface area contributed by atoms with Crippen molar-refractivity contribution in [2.24, 2.45) is 0 Å². The van der Waals surface area contributed by atoms with Crippen LogP contribution in [0, 0.1) is 0 Å². The lowest BCUT2D eigenvalue weighted by Gasteiger charge is -2.21. The van der Waals surface area contributed by atoms with Gasteiger partial charge in [0.1, 0.15) is 25.4 Å². The summed E-state index contributed by atoms with van der Waals surface area (Å²) >= 11 is 0. The smallest absolute Gasteiger partial charge is 0.240 e. The van der Waals surface area contributed by atoms with Crippen molar-refractivity contribution in [2.75, 3.05) is 44.6 Å². The predicted octanol–water partition coefficient (Wildman–Crippen LogP) is 2.12. The lowest BCUT2D eigenvalue weighted by Crippen LogP contribution is -2.19. The van der Waals surface area contributed by atoms with Gasteiger partial charge in [0.05, 0.1) is 21.8 Å². The van der Waals surface area contributed by atoms with Crippen molar-refractivity contribution < 1.29 is 17.9 Å². The Balaban J connectivity index is 1.83. The fourth-order valence-electron chi connectivity index (χ4n) is 3.11. The number of ether oxygens (including phenoxy) is 2. The summed E-state index contributed by atoms with van der Waals surface area (Å²) in [6.07, 6.45) is 1.45. The molecule has 1 aromatic heterocycles. The van der Waals surface area contributed by atoms with Gasteiger partial charge < -0.3 is 19.7 Å². The number of nitrogens with one attached hydrogen (secondary N) is 2. The molecule has 0 atom stereocenters. The Bertz CT molecular complexity index is 1180. The minimum absolute atomic E-state index is 0.153. The fourth-order valence-corrected chi connectivity index (χ4v) is 3.87. The standard InChI is InChI=1S/C19H21N5O4S/c1-20-29(25,26)12-4-5-16(24(2)3)15(8-12)23-19-13-9-17-18(28-7-6-27-17)10-14(13)21-11-22-19/h4-5,8-11,20H,6-7H2,1-3H3,(H,21,22,23). The third-order valence-electron chi connectivity index (χ3n) is 4.58. The van der Waals surface area contributed by atoms with Gasteiger partial charge in [0.15, 0.2) is 11.5 Å². The molecule has 0 spiro atoms. The monoisotopic (exact) mass is 415 g/mol. The first-order chi connectivity index (χ1) is 13.9. The van der Waals surface area contributed by atoms with Crippen molar-refractivity contribution >= 4 is 38.1 Å². The van der Waals surface area contributed by atoms with E-state index < -0.39 is 10.0 Å². The van der Waals surface area contributed by atoms with E-state index in [9.17, 15) is 8.42 Å². The number of anilines is 3. The van der Waals surface area contributed by atoms with E-state index in [1.807, 2.05) is 31.1 Å². The largest absolute Gasteiger partial charge is 0.486 e. The van der Waals surface area contributed by atoms with E-state index in [4.69, 9.17) is 9.47 Å². The van der Waals surface area contributed by atoms with Crippen molar-refractivity contribution in [2.45, 2.75) is 4.90 Å². The van der Waals surface area contributed by atoms with Crippen LogP contribution in [-0.4, -0.2) is 52.7 Å². The van der Waals surface area contributed by atoms with Gasteiger partial charge in [0.2, 0.25) is 10.0 Å². The van der Waals surface area contributed by atoms with E-state index in [2.05, 4.69) is 20.0 Å². The Hall–Kier alpha value is -3.11. The molecule has 9 nitrogen and oxygen atoms in total. The van der Waals surface area contributed by atoms with E-state index in [1.165, 1.54) is 13.4 Å². The summed E-state index contributed by atoms with van der Waals surface area (Å²) in [7, 11) is 1.56. The van der Waals surface area contributed by atoms with Crippen molar-refractivity contribution in [1.29, 1.82) is 0 Å². The number of rotatable bonds is 5. The third kappa shape index (κ3) is 3.64. The highest BCUT2D eigenvalue weighted by Gasteiger charge is 2.18. The van der Waals surface area contributed by atoms with Gasteiger partial charge in [-0.3, -0.25) is 0 Å². The number of fused-ring (bicyclic) bond motifs is 2. The second-order valence-electron chi connectivity index (χ2n) is 6.64. The first kappa shape index (κ1) is 19.2. The summed E-state index contributed by atoms with van der Waals surface area (Å²) in [6, 6.07) is 8.52. The average molecular weight is 415 g/mol. The third-order valence-corrected chi connectivity index (χ3v) is 5.99. The highest BCUT2D eigenvalue weighted by Crippen LogP contribution is 2.37. The van der Waals surface area contributed by atoms with Crippen LogP contribution in [0.25, 0.3) is 10.9 Å². The van der Waals surface area contributed by atoms with Crippen LogP contribution in [-0.2, 0) is 10.0 Å². The molecule has 2 heterocycles. The highest BCUT2D eigenvalue weighted by molar-refractivity contribution is 7.89. The minimum atomic E-state index is -3.59. The lowest BCUT2D eigenvalue weighted by atomic mass is 10.2. The molecule has 1 aliphatic heterocycles. The normalized spacial score (nSPS) is 13.3. The maximum absolute atomic E-state index is 12.3. The molecule has 1 aliphatic rings. The van der Waals surface area contributed by atoms with Crippen molar-refractivity contribution in [3.8, 4) is 11.5 Å². The molecule has 29 heavy (non-hydrogen) atoms. The summed E-state index contributed by atoms with van der Waals surface area (Å²) in [5.41, 5.74) is 2.10. The summed E-state index contributed by atoms with van der Waals surface area (Å²) in [4.78, 5) is 10.7. The molecule has 3 aromatic rings. The number of benzene rings is 2. The predicted molar refractivity (Wildman–Crippen MR) is 111 cm³/mol. The molecule has 2 N–H and O–H groups in total. The van der Waals surface area contributed by atoms with Crippen LogP contribution in [0.3, 0.4) is 0 Å². The number of nitrogens with zero attached hydrogens (tertiary/aromatic N) is 3. The van der Waals surface area contributed by atoms with Crippen LogP contribution in [0.1, 0.15) is 0 Å². The van der Waals surface area contributed by atoms with Gasteiger partial charge >= 0.3 is 0 Å². The zero-order chi connectivity index (χ0) is 20.6. The Morgan fingerprint density at radius 2 is 1.76 bits per heavy atom. The molecular formula is C19H21N5O4S. The van der Waals surface area contributed by atoms with Crippen LogP contribution in [0.5, 0.6) is 11.5 Å². The molecule has 0 aliphatic carbocycles. The molecular weight excluding hydrogens is 394 g/mol. The van der Waals surface area contributed by atoms with Gasteiger partial charge in [-0.25, -0.2) is 23.1 Å². The zero-order valence-electron chi connectivity index (χ0n) is 16.3. The quantitative estimate of drug-likeness (QED) is 0.653. The van der Waals surface area contributed by atoms with Crippen LogP contribution >= 0.6 is 0 Å². The second-order valence-corrected chi connectivity index (χ2v) is 8.53. The minimum Gasteiger partial charge on any atom is -0.486 e. The number of aromatic nitrogens is 2. The molecule has 4 rings (SSSR count). The molecule has 0 fully saturated rings. The van der Waals surface area contributed by atoms with Gasteiger partial charge in [-0.05, 0) is 31.3 Å². The zero-order valence-corrected chi connectivity index (χ0v) is 17.1. The van der Waals surface area contributed by atoms with Gasteiger partial charge in [-0.15, -0.1) is 0 Å². The molecule has 0 saturated carbocycles. The van der Waals surface area contributed by atoms with Crippen LogP contribution in [0.15, 0.2) is 41.6 Å². The molecule has 0 amide bonds.